The van der Waals surface area contributed by atoms with Gasteiger partial charge in [-0.3, -0.25) is 14.4 Å². The number of ether oxygens (including phenoxy) is 2. The normalized spacial score (nSPS) is 21.9. The number of hydrogen-bond acceptors (Lipinski definition) is 7. The van der Waals surface area contributed by atoms with E-state index in [-0.39, 0.29) is 42.4 Å². The Labute approximate surface area is 267 Å². The fourth-order valence-electron chi connectivity index (χ4n) is 6.96. The largest absolute Gasteiger partial charge is 0.469 e. The summed E-state index contributed by atoms with van der Waals surface area (Å²) in [5.41, 5.74) is 5.11. The number of methoxy groups -OCH3 is 1. The molecule has 238 valence electrons. The summed E-state index contributed by atoms with van der Waals surface area (Å²) in [5.74, 6) is 7.27. The van der Waals surface area contributed by atoms with Crippen molar-refractivity contribution >= 4 is 39.9 Å². The molecule has 0 aliphatic carbocycles. The number of nitrogens with one attached hydrogen (secondary N) is 2. The number of nitrogens with zero attached hydrogens (tertiary/aromatic N) is 4. The maximum absolute atomic E-state index is 13.1. The Kier molecular flexibility index (Phi) is 8.21. The van der Waals surface area contributed by atoms with Crippen LogP contribution >= 0.6 is 0 Å². The van der Waals surface area contributed by atoms with E-state index in [1.54, 1.807) is 6.92 Å². The molecule has 0 bridgehead atoms. The molecular weight excluding hydrogens is 584 g/mol. The highest BCUT2D eigenvalue weighted by Crippen LogP contribution is 2.34. The molecule has 4 atom stereocenters. The van der Waals surface area contributed by atoms with Gasteiger partial charge >= 0.3 is 5.97 Å². The fraction of sp³-hybridized carbons (Fsp3) is 0.457. The molecule has 5 heterocycles. The minimum Gasteiger partial charge on any atom is -0.469 e. The van der Waals surface area contributed by atoms with Crippen molar-refractivity contribution < 1.29 is 23.9 Å². The summed E-state index contributed by atoms with van der Waals surface area (Å²) in [6, 6.07) is 11.6. The zero-order valence-corrected chi connectivity index (χ0v) is 26.2. The highest BCUT2D eigenvalue weighted by Gasteiger charge is 2.37. The summed E-state index contributed by atoms with van der Waals surface area (Å²) < 4.78 is 10.4. The van der Waals surface area contributed by atoms with Crippen molar-refractivity contribution in [1.29, 1.82) is 0 Å². The molecule has 3 aliphatic rings. The Morgan fingerprint density at radius 2 is 1.48 bits per heavy atom. The number of benzene rings is 2. The average Bonchev–Trinajstić information content (AvgIpc) is 3.90. The number of aromatic amines is 2. The first-order chi connectivity index (χ1) is 22.4. The Bertz CT molecular complexity index is 1860. The van der Waals surface area contributed by atoms with Gasteiger partial charge in [0.2, 0.25) is 5.91 Å². The molecule has 11 nitrogen and oxygen atoms in total. The SMILES string of the molecule is COC(=O)C[C@@H](C)C(=O)N1CCC[C@H]1c1nc2ccc(C#Cc3ccc4nc([C@@H]5CCCN5C(=O)[C@H]5CCCO5)[nH]c4c3)cc2[nH]1. The highest BCUT2D eigenvalue weighted by molar-refractivity contribution is 5.84. The fourth-order valence-corrected chi connectivity index (χ4v) is 6.96. The van der Waals surface area contributed by atoms with Crippen molar-refractivity contribution in [2.45, 2.75) is 70.1 Å². The summed E-state index contributed by atoms with van der Waals surface area (Å²) in [4.78, 5) is 58.2. The van der Waals surface area contributed by atoms with Gasteiger partial charge in [0.05, 0.1) is 47.7 Å². The summed E-state index contributed by atoms with van der Waals surface area (Å²) in [6.45, 7) is 3.78. The van der Waals surface area contributed by atoms with E-state index in [1.807, 2.05) is 46.2 Å². The van der Waals surface area contributed by atoms with E-state index in [4.69, 9.17) is 19.4 Å². The van der Waals surface area contributed by atoms with E-state index in [1.165, 1.54) is 7.11 Å². The van der Waals surface area contributed by atoms with Crippen LogP contribution in [-0.4, -0.2) is 80.4 Å². The first kappa shape index (κ1) is 30.0. The van der Waals surface area contributed by atoms with Crippen molar-refractivity contribution in [3.05, 3.63) is 59.2 Å². The van der Waals surface area contributed by atoms with Crippen molar-refractivity contribution in [3.63, 3.8) is 0 Å². The standard InChI is InChI=1S/C35H38N6O5/c1-21(18-31(42)45-2)34(43)40-15-3-6-28(40)32-36-24-13-11-22(19-26(24)38-32)9-10-23-12-14-25-27(20-23)39-33(37-25)29-7-4-16-41(29)35(44)30-8-5-17-46-30/h11-14,19-21,28-30H,3-8,15-18H2,1-2H3,(H,36,38)(H,37,39)/t21-,28+,29+,30-/m1/s1. The van der Waals surface area contributed by atoms with Gasteiger partial charge in [0.25, 0.3) is 5.91 Å². The molecule has 2 aromatic carbocycles. The second-order valence-electron chi connectivity index (χ2n) is 12.5. The van der Waals surface area contributed by atoms with Crippen LogP contribution in [0, 0.1) is 17.8 Å². The molecule has 2 N–H and O–H groups in total. The molecule has 0 saturated carbocycles. The van der Waals surface area contributed by atoms with E-state index >= 15 is 0 Å². The number of rotatable bonds is 6. The van der Waals surface area contributed by atoms with Crippen molar-refractivity contribution in [1.82, 2.24) is 29.7 Å². The molecule has 3 aliphatic heterocycles. The number of carbonyl (C=O) groups excluding carboxylic acids is 3. The van der Waals surface area contributed by atoms with Gasteiger partial charge in [-0.2, -0.15) is 0 Å². The lowest BCUT2D eigenvalue weighted by atomic mass is 10.1. The Morgan fingerprint density at radius 3 is 2.04 bits per heavy atom. The molecule has 7 rings (SSSR count). The van der Waals surface area contributed by atoms with E-state index in [0.29, 0.717) is 13.2 Å². The summed E-state index contributed by atoms with van der Waals surface area (Å²) >= 11 is 0. The third-order valence-electron chi connectivity index (χ3n) is 9.38. The van der Waals surface area contributed by atoms with Gasteiger partial charge in [0.1, 0.15) is 17.8 Å². The highest BCUT2D eigenvalue weighted by atomic mass is 16.5. The molecule has 2 amide bonds. The number of amides is 2. The van der Waals surface area contributed by atoms with Crippen LogP contribution in [0.25, 0.3) is 22.1 Å². The maximum Gasteiger partial charge on any atom is 0.306 e. The zero-order chi connectivity index (χ0) is 31.8. The maximum atomic E-state index is 13.1. The van der Waals surface area contributed by atoms with Gasteiger partial charge in [0.15, 0.2) is 0 Å². The first-order valence-electron chi connectivity index (χ1n) is 16.2. The lowest BCUT2D eigenvalue weighted by Gasteiger charge is -2.26. The van der Waals surface area contributed by atoms with Crippen molar-refractivity contribution in [2.24, 2.45) is 5.92 Å². The quantitative estimate of drug-likeness (QED) is 0.238. The number of carbonyl (C=O) groups is 3. The lowest BCUT2D eigenvalue weighted by molar-refractivity contribution is -0.146. The first-order valence-corrected chi connectivity index (χ1v) is 16.2. The van der Waals surface area contributed by atoms with Crippen LogP contribution in [0.4, 0.5) is 0 Å². The molecule has 0 unspecified atom stereocenters. The molecule has 2 aromatic heterocycles. The Hall–Kier alpha value is -4.69. The van der Waals surface area contributed by atoms with Gasteiger partial charge in [-0.25, -0.2) is 9.97 Å². The van der Waals surface area contributed by atoms with Gasteiger partial charge in [-0.1, -0.05) is 18.8 Å². The van der Waals surface area contributed by atoms with E-state index in [9.17, 15) is 14.4 Å². The third-order valence-corrected chi connectivity index (χ3v) is 9.38. The van der Waals surface area contributed by atoms with Crippen LogP contribution in [-0.2, 0) is 23.9 Å². The lowest BCUT2D eigenvalue weighted by Crippen LogP contribution is -2.38. The number of H-pyrrole nitrogens is 2. The smallest absolute Gasteiger partial charge is 0.306 e. The predicted octanol–water partition coefficient (Wildman–Crippen LogP) is 4.54. The van der Waals surface area contributed by atoms with Crippen molar-refractivity contribution in [2.75, 3.05) is 26.8 Å². The Balaban J connectivity index is 1.06. The monoisotopic (exact) mass is 622 g/mol. The number of esters is 1. The molecular formula is C35H38N6O5. The number of imidazole rings is 2. The average molecular weight is 623 g/mol. The van der Waals surface area contributed by atoms with Crippen molar-refractivity contribution in [3.8, 4) is 11.8 Å². The van der Waals surface area contributed by atoms with Crippen LogP contribution in [0.3, 0.4) is 0 Å². The molecule has 3 saturated heterocycles. The van der Waals surface area contributed by atoms with Gasteiger partial charge in [-0.15, -0.1) is 0 Å². The second kappa shape index (κ2) is 12.6. The number of hydrogen-bond donors (Lipinski definition) is 2. The van der Waals surface area contributed by atoms with Crippen LogP contribution in [0.15, 0.2) is 36.4 Å². The minimum atomic E-state index is -0.454. The summed E-state index contributed by atoms with van der Waals surface area (Å²) in [5, 5.41) is 0. The predicted molar refractivity (Wildman–Crippen MR) is 170 cm³/mol. The second-order valence-corrected chi connectivity index (χ2v) is 12.5. The molecule has 11 heteroatoms. The third kappa shape index (κ3) is 5.85. The molecule has 3 fully saturated rings. The Morgan fingerprint density at radius 1 is 0.891 bits per heavy atom. The molecule has 46 heavy (non-hydrogen) atoms. The van der Waals surface area contributed by atoms with E-state index in [0.717, 1.165) is 89.9 Å². The summed E-state index contributed by atoms with van der Waals surface area (Å²) in [7, 11) is 1.33. The number of fused-ring (bicyclic) bond motifs is 2. The van der Waals surface area contributed by atoms with Gasteiger partial charge < -0.3 is 29.2 Å². The van der Waals surface area contributed by atoms with E-state index in [2.05, 4.69) is 21.8 Å². The summed E-state index contributed by atoms with van der Waals surface area (Å²) in [6.07, 6.45) is 4.98. The zero-order valence-electron chi connectivity index (χ0n) is 26.2. The minimum absolute atomic E-state index is 0.0610. The number of aromatic nitrogens is 4. The van der Waals surface area contributed by atoms with Crippen LogP contribution in [0.1, 0.15) is 86.7 Å². The number of likely N-dealkylation sites (tertiary alicyclic amines) is 2. The molecule has 0 spiro atoms. The topological polar surface area (TPSA) is 134 Å². The van der Waals surface area contributed by atoms with Crippen LogP contribution < -0.4 is 0 Å². The van der Waals surface area contributed by atoms with Gasteiger partial charge in [0, 0.05) is 36.7 Å². The van der Waals surface area contributed by atoms with Gasteiger partial charge in [-0.05, 0) is 74.9 Å². The van der Waals surface area contributed by atoms with Crippen LogP contribution in [0.2, 0.25) is 0 Å². The van der Waals surface area contributed by atoms with Crippen LogP contribution in [0.5, 0.6) is 0 Å². The molecule has 4 aromatic rings. The van der Waals surface area contributed by atoms with E-state index < -0.39 is 5.92 Å². The molecule has 0 radical (unpaired) electrons.